The van der Waals surface area contributed by atoms with Gasteiger partial charge < -0.3 is 10.6 Å². The highest BCUT2D eigenvalue weighted by Gasteiger charge is 2.14. The van der Waals surface area contributed by atoms with Gasteiger partial charge in [0.15, 0.2) is 0 Å². The molecule has 0 fully saturated rings. The van der Waals surface area contributed by atoms with Crippen molar-refractivity contribution in [3.63, 3.8) is 0 Å². The molecule has 3 aromatic carbocycles. The van der Waals surface area contributed by atoms with E-state index in [9.17, 15) is 9.59 Å². The molecule has 5 nitrogen and oxygen atoms in total. The van der Waals surface area contributed by atoms with Crippen LogP contribution in [-0.4, -0.2) is 16.2 Å². The van der Waals surface area contributed by atoms with E-state index in [1.807, 2.05) is 42.5 Å². The molecule has 0 atom stereocenters. The summed E-state index contributed by atoms with van der Waals surface area (Å²) in [7, 11) is 0. The number of carbonyl (C=O) groups excluding carboxylic acids is 2. The monoisotopic (exact) mass is 421 g/mol. The fourth-order valence-electron chi connectivity index (χ4n) is 2.86. The van der Waals surface area contributed by atoms with E-state index in [1.54, 1.807) is 30.3 Å². The Labute approximate surface area is 176 Å². The molecule has 0 spiro atoms. The zero-order valence-electron chi connectivity index (χ0n) is 15.2. The van der Waals surface area contributed by atoms with Crippen molar-refractivity contribution >= 4 is 50.7 Å². The predicted octanol–water partition coefficient (Wildman–Crippen LogP) is 5.13. The normalized spacial score (nSPS) is 10.7. The lowest BCUT2D eigenvalue weighted by atomic mass is 10.1. The second-order valence-electron chi connectivity index (χ2n) is 6.33. The van der Waals surface area contributed by atoms with E-state index in [-0.39, 0.29) is 11.8 Å². The topological polar surface area (TPSA) is 71.1 Å². The van der Waals surface area contributed by atoms with Crippen molar-refractivity contribution in [2.24, 2.45) is 0 Å². The Morgan fingerprint density at radius 1 is 0.897 bits per heavy atom. The van der Waals surface area contributed by atoms with Crippen LogP contribution in [0, 0.1) is 0 Å². The molecule has 0 saturated heterocycles. The van der Waals surface area contributed by atoms with E-state index in [1.165, 1.54) is 11.5 Å². The van der Waals surface area contributed by atoms with Crippen LogP contribution < -0.4 is 10.6 Å². The van der Waals surface area contributed by atoms with Crippen molar-refractivity contribution < 1.29 is 9.59 Å². The van der Waals surface area contributed by atoms with Crippen LogP contribution in [0.15, 0.2) is 72.8 Å². The SMILES string of the molecule is O=C(NCc1ccccc1Cl)c1ccc(NC(=O)c2nsc3ccccc23)cc1. The van der Waals surface area contributed by atoms with Gasteiger partial charge in [-0.25, -0.2) is 0 Å². The van der Waals surface area contributed by atoms with Crippen molar-refractivity contribution in [3.05, 3.63) is 94.6 Å². The fourth-order valence-corrected chi connectivity index (χ4v) is 3.84. The Kier molecular flexibility index (Phi) is 5.55. The summed E-state index contributed by atoms with van der Waals surface area (Å²) in [6.45, 7) is 0.341. The number of nitrogens with one attached hydrogen (secondary N) is 2. The third-order valence-corrected chi connectivity index (χ3v) is 5.59. The standard InChI is InChI=1S/C22H16ClN3O2S/c23-18-7-3-1-5-15(18)13-24-21(27)14-9-11-16(12-10-14)25-22(28)20-17-6-2-4-8-19(17)29-26-20/h1-12H,13H2,(H,24,27)(H,25,28). The van der Waals surface area contributed by atoms with Crippen molar-refractivity contribution in [2.45, 2.75) is 6.54 Å². The summed E-state index contributed by atoms with van der Waals surface area (Å²) < 4.78 is 5.21. The zero-order valence-corrected chi connectivity index (χ0v) is 16.8. The molecule has 0 bridgehead atoms. The predicted molar refractivity (Wildman–Crippen MR) is 117 cm³/mol. The van der Waals surface area contributed by atoms with Gasteiger partial charge in [0.25, 0.3) is 11.8 Å². The van der Waals surface area contributed by atoms with Gasteiger partial charge in [-0.3, -0.25) is 9.59 Å². The lowest BCUT2D eigenvalue weighted by Gasteiger charge is -2.08. The number of hydrogen-bond donors (Lipinski definition) is 2. The number of benzene rings is 3. The molecule has 0 radical (unpaired) electrons. The summed E-state index contributed by atoms with van der Waals surface area (Å²) in [5, 5.41) is 7.10. The average Bonchev–Trinajstić information content (AvgIpc) is 3.18. The maximum Gasteiger partial charge on any atom is 0.276 e. The Morgan fingerprint density at radius 3 is 2.41 bits per heavy atom. The number of hydrogen-bond acceptors (Lipinski definition) is 4. The van der Waals surface area contributed by atoms with Gasteiger partial charge in [0.1, 0.15) is 5.69 Å². The van der Waals surface area contributed by atoms with Crippen LogP contribution >= 0.6 is 23.1 Å². The maximum absolute atomic E-state index is 12.5. The lowest BCUT2D eigenvalue weighted by Crippen LogP contribution is -2.23. The third-order valence-electron chi connectivity index (χ3n) is 4.39. The van der Waals surface area contributed by atoms with Gasteiger partial charge in [0.05, 0.1) is 4.70 Å². The number of halogens is 1. The van der Waals surface area contributed by atoms with Crippen LogP contribution in [-0.2, 0) is 6.54 Å². The van der Waals surface area contributed by atoms with Gasteiger partial charge in [-0.15, -0.1) is 0 Å². The highest BCUT2D eigenvalue weighted by atomic mass is 35.5. The van der Waals surface area contributed by atoms with Gasteiger partial charge in [-0.05, 0) is 53.5 Å². The van der Waals surface area contributed by atoms with Crippen LogP contribution in [0.25, 0.3) is 10.1 Å². The maximum atomic E-state index is 12.5. The molecule has 0 unspecified atom stereocenters. The first kappa shape index (κ1) is 19.1. The number of fused-ring (bicyclic) bond motifs is 1. The first-order valence-electron chi connectivity index (χ1n) is 8.89. The molecule has 1 aromatic heterocycles. The molecule has 0 aliphatic carbocycles. The quantitative estimate of drug-likeness (QED) is 0.469. The lowest BCUT2D eigenvalue weighted by molar-refractivity contribution is 0.0950. The fraction of sp³-hybridized carbons (Fsp3) is 0.0455. The highest BCUT2D eigenvalue weighted by molar-refractivity contribution is 7.13. The Balaban J connectivity index is 1.40. The molecule has 29 heavy (non-hydrogen) atoms. The third kappa shape index (κ3) is 4.29. The first-order chi connectivity index (χ1) is 14.1. The molecular weight excluding hydrogens is 406 g/mol. The highest BCUT2D eigenvalue weighted by Crippen LogP contribution is 2.23. The van der Waals surface area contributed by atoms with Gasteiger partial charge in [0, 0.05) is 28.2 Å². The smallest absolute Gasteiger partial charge is 0.276 e. The molecule has 2 N–H and O–H groups in total. The van der Waals surface area contributed by atoms with Crippen molar-refractivity contribution in [2.75, 3.05) is 5.32 Å². The molecule has 4 aromatic rings. The van der Waals surface area contributed by atoms with E-state index in [2.05, 4.69) is 15.0 Å². The average molecular weight is 422 g/mol. The number of anilines is 1. The molecule has 0 saturated carbocycles. The number of amides is 2. The van der Waals surface area contributed by atoms with Crippen molar-refractivity contribution in [1.29, 1.82) is 0 Å². The molecule has 1 heterocycles. The van der Waals surface area contributed by atoms with E-state index >= 15 is 0 Å². The van der Waals surface area contributed by atoms with E-state index < -0.39 is 0 Å². The Hall–Kier alpha value is -3.22. The summed E-state index contributed by atoms with van der Waals surface area (Å²) in [5.41, 5.74) is 2.33. The Morgan fingerprint density at radius 2 is 1.62 bits per heavy atom. The van der Waals surface area contributed by atoms with Crippen molar-refractivity contribution in [3.8, 4) is 0 Å². The summed E-state index contributed by atoms with van der Waals surface area (Å²) in [6, 6.07) is 21.7. The van der Waals surface area contributed by atoms with Crippen LogP contribution in [0.1, 0.15) is 26.4 Å². The molecule has 7 heteroatoms. The largest absolute Gasteiger partial charge is 0.348 e. The number of rotatable bonds is 5. The molecule has 0 aliphatic heterocycles. The number of aromatic nitrogens is 1. The summed E-state index contributed by atoms with van der Waals surface area (Å²) in [6.07, 6.45) is 0. The molecule has 0 aliphatic rings. The van der Waals surface area contributed by atoms with Crippen LogP contribution in [0.5, 0.6) is 0 Å². The first-order valence-corrected chi connectivity index (χ1v) is 10.0. The molecule has 2 amide bonds. The zero-order chi connectivity index (χ0) is 20.2. The number of carbonyl (C=O) groups is 2. The van der Waals surface area contributed by atoms with Gasteiger partial charge >= 0.3 is 0 Å². The van der Waals surface area contributed by atoms with E-state index in [0.29, 0.717) is 28.5 Å². The summed E-state index contributed by atoms with van der Waals surface area (Å²) >= 11 is 7.40. The van der Waals surface area contributed by atoms with Crippen LogP contribution in [0.2, 0.25) is 5.02 Å². The van der Waals surface area contributed by atoms with Gasteiger partial charge in [0.2, 0.25) is 0 Å². The van der Waals surface area contributed by atoms with Gasteiger partial charge in [-0.2, -0.15) is 4.37 Å². The summed E-state index contributed by atoms with van der Waals surface area (Å²) in [4.78, 5) is 24.9. The molecule has 4 rings (SSSR count). The van der Waals surface area contributed by atoms with Crippen LogP contribution in [0.3, 0.4) is 0 Å². The minimum Gasteiger partial charge on any atom is -0.348 e. The van der Waals surface area contributed by atoms with Gasteiger partial charge in [-0.1, -0.05) is 48.0 Å². The minimum absolute atomic E-state index is 0.215. The van der Waals surface area contributed by atoms with Crippen LogP contribution in [0.4, 0.5) is 5.69 Å². The van der Waals surface area contributed by atoms with E-state index in [0.717, 1.165) is 15.6 Å². The second kappa shape index (κ2) is 8.43. The summed E-state index contributed by atoms with van der Waals surface area (Å²) in [5.74, 6) is -0.494. The van der Waals surface area contributed by atoms with Crippen molar-refractivity contribution in [1.82, 2.24) is 9.69 Å². The minimum atomic E-state index is -0.279. The number of nitrogens with zero attached hydrogens (tertiary/aromatic N) is 1. The Bertz CT molecular complexity index is 1190. The molecule has 144 valence electrons. The molecular formula is C22H16ClN3O2S. The second-order valence-corrected chi connectivity index (χ2v) is 7.55. The van der Waals surface area contributed by atoms with E-state index in [4.69, 9.17) is 11.6 Å².